The van der Waals surface area contributed by atoms with Crippen LogP contribution in [0.2, 0.25) is 5.31 Å². The molecule has 1 rings (SSSR count). The highest BCUT2D eigenvalue weighted by atomic mass is 16.5. The number of aliphatic hydroxyl groups excluding tert-OH is 5. The Balaban J connectivity index is 2.95. The van der Waals surface area contributed by atoms with Crippen LogP contribution < -0.4 is 5.32 Å². The third kappa shape index (κ3) is 9.46. The van der Waals surface area contributed by atoms with Crippen LogP contribution in [0.5, 0.6) is 0 Å². The highest BCUT2D eigenvalue weighted by Crippen LogP contribution is 2.38. The Morgan fingerprint density at radius 2 is 1.58 bits per heavy atom. The summed E-state index contributed by atoms with van der Waals surface area (Å²) in [6, 6.07) is -0.913. The number of hydrogen-bond donors (Lipinski definition) is 6. The molecule has 0 radical (unpaired) electrons. The van der Waals surface area contributed by atoms with Gasteiger partial charge in [-0.15, -0.1) is 0 Å². The molecule has 33 heavy (non-hydrogen) atoms. The summed E-state index contributed by atoms with van der Waals surface area (Å²) in [6.45, 7) is 15.3. The molecule has 8 atom stereocenters. The molecule has 1 fully saturated rings. The highest BCUT2D eigenvalue weighted by molar-refractivity contribution is 6.14. The normalized spacial score (nSPS) is 29.9. The number of hydrogen-bond acceptors (Lipinski definition) is 7. The third-order valence-electron chi connectivity index (χ3n) is 6.38. The van der Waals surface area contributed by atoms with Gasteiger partial charge in [-0.25, -0.2) is 0 Å². The molecule has 8 nitrogen and oxygen atoms in total. The smallest absolute Gasteiger partial charge is 0.220 e. The van der Waals surface area contributed by atoms with Gasteiger partial charge in [0.15, 0.2) is 0 Å². The number of aliphatic hydroxyl groups is 5. The van der Waals surface area contributed by atoms with Gasteiger partial charge in [0.05, 0.1) is 31.0 Å². The Labute approximate surface area is 200 Å². The van der Waals surface area contributed by atoms with Crippen LogP contribution in [-0.2, 0) is 9.53 Å². The van der Waals surface area contributed by atoms with Gasteiger partial charge in [-0.05, 0) is 29.6 Å². The Morgan fingerprint density at radius 1 is 1.03 bits per heavy atom. The van der Waals surface area contributed by atoms with Gasteiger partial charge in [-0.3, -0.25) is 4.79 Å². The fraction of sp³-hybridized carbons (Fsp3) is 0.958. The van der Waals surface area contributed by atoms with Crippen LogP contribution in [0.4, 0.5) is 0 Å². The van der Waals surface area contributed by atoms with Crippen molar-refractivity contribution < 1.29 is 35.1 Å². The number of nitrogens with one attached hydrogen (secondary N) is 1. The van der Waals surface area contributed by atoms with Crippen LogP contribution in [0, 0.1) is 16.7 Å². The Morgan fingerprint density at radius 3 is 2.06 bits per heavy atom. The monoisotopic (exact) mass is 473 g/mol. The zero-order valence-corrected chi connectivity index (χ0v) is 22.0. The molecule has 1 unspecified atom stereocenters. The minimum absolute atomic E-state index is 0.0491. The lowest BCUT2D eigenvalue weighted by Crippen LogP contribution is -2.57. The van der Waals surface area contributed by atoms with E-state index in [1.54, 1.807) is 27.7 Å². The molecule has 194 valence electrons. The van der Waals surface area contributed by atoms with E-state index in [2.05, 4.69) is 27.0 Å². The van der Waals surface area contributed by atoms with E-state index in [0.29, 0.717) is 6.42 Å². The average molecular weight is 473 g/mol. The summed E-state index contributed by atoms with van der Waals surface area (Å²) in [5.74, 6) is -0.546. The predicted octanol–water partition coefficient (Wildman–Crippen LogP) is 0.385. The van der Waals surface area contributed by atoms with E-state index in [-0.39, 0.29) is 35.6 Å². The second-order valence-electron chi connectivity index (χ2n) is 13.1. The van der Waals surface area contributed by atoms with Crippen LogP contribution >= 0.6 is 0 Å². The molecule has 6 N–H and O–H groups in total. The van der Waals surface area contributed by atoms with Gasteiger partial charge < -0.3 is 35.6 Å². The average Bonchev–Trinajstić information content (AvgIpc) is 2.62. The lowest BCUT2D eigenvalue weighted by molar-refractivity contribution is -0.176. The summed E-state index contributed by atoms with van der Waals surface area (Å²) in [6.07, 6.45) is -5.48. The first-order chi connectivity index (χ1) is 14.7. The zero-order valence-electron chi connectivity index (χ0n) is 22.0. The second kappa shape index (κ2) is 11.4. The lowest BCUT2D eigenvalue weighted by Gasteiger charge is -2.40. The molecule has 9 heteroatoms. The first-order valence-electron chi connectivity index (χ1n) is 12.1. The molecule has 0 aromatic heterocycles. The number of carbonyl (C=O) groups excluding carboxylic acids is 1. The van der Waals surface area contributed by atoms with Crippen molar-refractivity contribution in [1.29, 1.82) is 0 Å². The summed E-state index contributed by atoms with van der Waals surface area (Å²) in [5, 5.41) is 54.8. The molecule has 0 aromatic rings. The van der Waals surface area contributed by atoms with Gasteiger partial charge >= 0.3 is 0 Å². The maximum absolute atomic E-state index is 12.9. The SMILES string of the molecule is BC(C)(C)CC(C)(C)CC(=O)N[C@@H](CO[C@H]1CC(C)[C@H](O)[C@H](O)[C@H]1O)[C@H](O)[C@H](O)C(C)(C)C. The van der Waals surface area contributed by atoms with Crippen LogP contribution in [0.15, 0.2) is 0 Å². The number of carbonyl (C=O) groups is 1. The minimum Gasteiger partial charge on any atom is -0.390 e. The van der Waals surface area contributed by atoms with Crippen LogP contribution in [0.25, 0.3) is 0 Å². The molecular formula is C24H48BNO7. The van der Waals surface area contributed by atoms with Crippen molar-refractivity contribution in [3.05, 3.63) is 0 Å². The highest BCUT2D eigenvalue weighted by Gasteiger charge is 2.43. The van der Waals surface area contributed by atoms with Crippen LogP contribution in [0.1, 0.15) is 74.7 Å². The molecule has 0 aliphatic heterocycles. The van der Waals surface area contributed by atoms with Crippen molar-refractivity contribution in [2.24, 2.45) is 16.7 Å². The van der Waals surface area contributed by atoms with Gasteiger partial charge in [0.25, 0.3) is 0 Å². The van der Waals surface area contributed by atoms with Gasteiger partial charge in [-0.2, -0.15) is 0 Å². The van der Waals surface area contributed by atoms with E-state index in [1.165, 1.54) is 0 Å². The molecule has 1 aliphatic rings. The first kappa shape index (κ1) is 30.3. The summed E-state index contributed by atoms with van der Waals surface area (Å²) < 4.78 is 5.84. The standard InChI is InChI=1S/C24H48BNO7/c1-13-9-15(19(30)20(31)17(13)28)33-11-14(18(29)21(32)22(2,3)4)26-16(27)10-23(5,6)12-24(7,8)25/h13-15,17-21,28-32H,9-12,25H2,1-8H3,(H,26,27)/t13?,14-,15-,17-,18-,19-,20-,21-/m0/s1. The van der Waals surface area contributed by atoms with E-state index < -0.39 is 48.1 Å². The maximum atomic E-state index is 12.9. The van der Waals surface area contributed by atoms with Crippen molar-refractivity contribution in [2.75, 3.05) is 6.61 Å². The van der Waals surface area contributed by atoms with Gasteiger partial charge in [0.1, 0.15) is 26.2 Å². The second-order valence-corrected chi connectivity index (χ2v) is 13.1. The summed E-state index contributed by atoms with van der Waals surface area (Å²) in [5.41, 5.74) is -0.899. The zero-order chi connectivity index (χ0) is 25.9. The van der Waals surface area contributed by atoms with Gasteiger partial charge in [0.2, 0.25) is 5.91 Å². The van der Waals surface area contributed by atoms with E-state index in [9.17, 15) is 30.3 Å². The largest absolute Gasteiger partial charge is 0.390 e. The van der Waals surface area contributed by atoms with Crippen molar-refractivity contribution in [1.82, 2.24) is 5.32 Å². The summed E-state index contributed by atoms with van der Waals surface area (Å²) in [4.78, 5) is 12.9. The topological polar surface area (TPSA) is 139 Å². The van der Waals surface area contributed by atoms with Crippen molar-refractivity contribution >= 4 is 13.8 Å². The summed E-state index contributed by atoms with van der Waals surface area (Å²) in [7, 11) is 2.12. The fourth-order valence-corrected chi connectivity index (χ4v) is 4.95. The molecule has 0 saturated heterocycles. The van der Waals surface area contributed by atoms with Gasteiger partial charge in [0, 0.05) is 6.42 Å². The van der Waals surface area contributed by atoms with E-state index in [0.717, 1.165) is 6.42 Å². The van der Waals surface area contributed by atoms with E-state index in [4.69, 9.17) is 4.74 Å². The van der Waals surface area contributed by atoms with Crippen LogP contribution in [0.3, 0.4) is 0 Å². The third-order valence-corrected chi connectivity index (χ3v) is 6.38. The number of amides is 1. The molecule has 1 aliphatic carbocycles. The molecule has 0 heterocycles. The van der Waals surface area contributed by atoms with E-state index in [1.807, 2.05) is 13.8 Å². The first-order valence-corrected chi connectivity index (χ1v) is 12.1. The molecular weight excluding hydrogens is 425 g/mol. The van der Waals surface area contributed by atoms with Crippen LogP contribution in [-0.4, -0.2) is 88.6 Å². The predicted molar refractivity (Wildman–Crippen MR) is 131 cm³/mol. The van der Waals surface area contributed by atoms with Gasteiger partial charge in [-0.1, -0.05) is 60.7 Å². The fourth-order valence-electron chi connectivity index (χ4n) is 4.95. The lowest BCUT2D eigenvalue weighted by atomic mass is 9.62. The number of rotatable bonds is 10. The summed E-state index contributed by atoms with van der Waals surface area (Å²) >= 11 is 0. The van der Waals surface area contributed by atoms with Crippen molar-refractivity contribution in [3.63, 3.8) is 0 Å². The maximum Gasteiger partial charge on any atom is 0.220 e. The Hall–Kier alpha value is -0.705. The van der Waals surface area contributed by atoms with E-state index >= 15 is 0 Å². The molecule has 1 saturated carbocycles. The molecule has 0 bridgehead atoms. The van der Waals surface area contributed by atoms with Crippen molar-refractivity contribution in [3.8, 4) is 0 Å². The van der Waals surface area contributed by atoms with Crippen molar-refractivity contribution in [2.45, 2.75) is 123 Å². The molecule has 1 amide bonds. The molecule has 0 aromatic carbocycles. The molecule has 0 spiro atoms. The number of ether oxygens (including phenoxy) is 1. The Kier molecular flexibility index (Phi) is 10.4. The quantitative estimate of drug-likeness (QED) is 0.252. The minimum atomic E-state index is -1.34. The Bertz CT molecular complexity index is 631.